The molecule has 0 bridgehead atoms. The number of amides is 1. The Bertz CT molecular complexity index is 674. The number of anilines is 1. The van der Waals surface area contributed by atoms with Crippen LogP contribution in [0.15, 0.2) is 30.3 Å². The van der Waals surface area contributed by atoms with E-state index in [9.17, 15) is 4.79 Å². The number of thiazole rings is 1. The van der Waals surface area contributed by atoms with Crippen LogP contribution >= 0.6 is 11.3 Å². The van der Waals surface area contributed by atoms with E-state index >= 15 is 0 Å². The molecule has 1 amide bonds. The molecule has 1 aromatic carbocycles. The van der Waals surface area contributed by atoms with Crippen molar-refractivity contribution in [2.24, 2.45) is 5.41 Å². The van der Waals surface area contributed by atoms with E-state index in [-0.39, 0.29) is 5.91 Å². The van der Waals surface area contributed by atoms with Gasteiger partial charge in [-0.2, -0.15) is 0 Å². The summed E-state index contributed by atoms with van der Waals surface area (Å²) in [6.07, 6.45) is 0.811. The van der Waals surface area contributed by atoms with Crippen molar-refractivity contribution < 1.29 is 14.3 Å². The van der Waals surface area contributed by atoms with E-state index in [0.29, 0.717) is 31.6 Å². The van der Waals surface area contributed by atoms with Gasteiger partial charge in [0.05, 0.1) is 42.4 Å². The van der Waals surface area contributed by atoms with Crippen molar-refractivity contribution >= 4 is 22.4 Å². The fourth-order valence-corrected chi connectivity index (χ4v) is 3.35. The molecule has 0 unspecified atom stereocenters. The number of rotatable bonds is 6. The summed E-state index contributed by atoms with van der Waals surface area (Å²) >= 11 is 1.49. The molecule has 0 saturated heterocycles. The van der Waals surface area contributed by atoms with Crippen LogP contribution in [-0.4, -0.2) is 24.1 Å². The number of carbonyl (C=O) groups is 1. The molecule has 0 radical (unpaired) electrons. The minimum absolute atomic E-state index is 0.0809. The van der Waals surface area contributed by atoms with Crippen LogP contribution in [0.25, 0.3) is 0 Å². The number of fused-ring (bicyclic) bond motifs is 1. The van der Waals surface area contributed by atoms with Crippen LogP contribution in [0.2, 0.25) is 0 Å². The van der Waals surface area contributed by atoms with E-state index in [2.05, 4.69) is 10.3 Å². The Morgan fingerprint density at radius 3 is 2.92 bits per heavy atom. The van der Waals surface area contributed by atoms with Crippen molar-refractivity contribution in [3.63, 3.8) is 0 Å². The molecule has 1 aliphatic heterocycles. The van der Waals surface area contributed by atoms with E-state index < -0.39 is 5.41 Å². The highest BCUT2D eigenvalue weighted by Gasteiger charge is 2.29. The van der Waals surface area contributed by atoms with Crippen LogP contribution in [-0.2, 0) is 33.9 Å². The molecule has 1 aliphatic rings. The molecule has 6 heteroatoms. The summed E-state index contributed by atoms with van der Waals surface area (Å²) in [7, 11) is 0. The van der Waals surface area contributed by atoms with Gasteiger partial charge in [-0.3, -0.25) is 4.79 Å². The highest BCUT2D eigenvalue weighted by Crippen LogP contribution is 2.28. The molecule has 0 atom stereocenters. The van der Waals surface area contributed by atoms with Gasteiger partial charge >= 0.3 is 0 Å². The summed E-state index contributed by atoms with van der Waals surface area (Å²) in [6.45, 7) is 5.89. The summed E-state index contributed by atoms with van der Waals surface area (Å²) in [4.78, 5) is 18.1. The minimum atomic E-state index is -0.628. The molecule has 0 fully saturated rings. The van der Waals surface area contributed by atoms with Gasteiger partial charge in [-0.25, -0.2) is 4.98 Å². The molecular formula is C18H22N2O3S. The summed E-state index contributed by atoms with van der Waals surface area (Å²) in [6, 6.07) is 9.94. The number of benzene rings is 1. The van der Waals surface area contributed by atoms with Gasteiger partial charge in [-0.05, 0) is 19.4 Å². The minimum Gasteiger partial charge on any atom is -0.376 e. The van der Waals surface area contributed by atoms with Gasteiger partial charge in [-0.15, -0.1) is 0 Å². The Kier molecular flexibility index (Phi) is 5.28. The lowest BCUT2D eigenvalue weighted by atomic mass is 9.94. The summed E-state index contributed by atoms with van der Waals surface area (Å²) in [5, 5.41) is 3.57. The Labute approximate surface area is 146 Å². The number of nitrogens with one attached hydrogen (secondary N) is 1. The predicted octanol–water partition coefficient (Wildman–Crippen LogP) is 3.40. The Balaban J connectivity index is 1.53. The first-order chi connectivity index (χ1) is 11.5. The summed E-state index contributed by atoms with van der Waals surface area (Å²) in [5.74, 6) is -0.0809. The number of carbonyl (C=O) groups excluding carboxylic acids is 1. The van der Waals surface area contributed by atoms with Crippen molar-refractivity contribution in [2.45, 2.75) is 33.5 Å². The highest BCUT2D eigenvalue weighted by molar-refractivity contribution is 7.15. The quantitative estimate of drug-likeness (QED) is 0.871. The van der Waals surface area contributed by atoms with E-state index in [1.54, 1.807) is 0 Å². The fourth-order valence-electron chi connectivity index (χ4n) is 2.41. The van der Waals surface area contributed by atoms with Crippen LogP contribution in [0, 0.1) is 5.41 Å². The molecule has 3 rings (SSSR count). The number of hydrogen-bond acceptors (Lipinski definition) is 5. The lowest BCUT2D eigenvalue weighted by molar-refractivity contribution is -0.127. The molecule has 5 nitrogen and oxygen atoms in total. The maximum Gasteiger partial charge on any atom is 0.234 e. The normalized spacial score (nSPS) is 14.2. The number of aromatic nitrogens is 1. The Hall–Kier alpha value is -1.76. The lowest BCUT2D eigenvalue weighted by Gasteiger charge is -2.22. The van der Waals surface area contributed by atoms with E-state index in [0.717, 1.165) is 22.6 Å². The van der Waals surface area contributed by atoms with Gasteiger partial charge < -0.3 is 14.8 Å². The first kappa shape index (κ1) is 17.1. The Morgan fingerprint density at radius 2 is 2.17 bits per heavy atom. The molecule has 1 aromatic heterocycles. The molecule has 1 N–H and O–H groups in total. The van der Waals surface area contributed by atoms with Crippen molar-refractivity contribution in [1.29, 1.82) is 0 Å². The van der Waals surface area contributed by atoms with E-state index in [4.69, 9.17) is 9.47 Å². The van der Waals surface area contributed by atoms with Crippen LogP contribution in [0.3, 0.4) is 0 Å². The average Bonchev–Trinajstić information content (AvgIpc) is 2.98. The molecular weight excluding hydrogens is 324 g/mol. The second-order valence-corrected chi connectivity index (χ2v) is 7.59. The third-order valence-corrected chi connectivity index (χ3v) is 4.89. The summed E-state index contributed by atoms with van der Waals surface area (Å²) in [5.41, 5.74) is 1.51. The molecule has 0 spiro atoms. The second-order valence-electron chi connectivity index (χ2n) is 6.51. The van der Waals surface area contributed by atoms with Crippen LogP contribution < -0.4 is 5.32 Å². The first-order valence-corrected chi connectivity index (χ1v) is 8.86. The fraction of sp³-hybridized carbons (Fsp3) is 0.444. The van der Waals surface area contributed by atoms with Crippen LogP contribution in [0.1, 0.15) is 30.0 Å². The van der Waals surface area contributed by atoms with E-state index in [1.165, 1.54) is 11.3 Å². The third kappa shape index (κ3) is 4.20. The summed E-state index contributed by atoms with van der Waals surface area (Å²) < 4.78 is 11.1. The zero-order chi connectivity index (χ0) is 17.0. The van der Waals surface area contributed by atoms with Gasteiger partial charge in [0, 0.05) is 6.42 Å². The smallest absolute Gasteiger partial charge is 0.234 e. The molecule has 2 heterocycles. The van der Waals surface area contributed by atoms with Gasteiger partial charge in [0.25, 0.3) is 0 Å². The van der Waals surface area contributed by atoms with Crippen LogP contribution in [0.4, 0.5) is 5.13 Å². The van der Waals surface area contributed by atoms with Crippen LogP contribution in [0.5, 0.6) is 0 Å². The second kappa shape index (κ2) is 7.42. The monoisotopic (exact) mass is 346 g/mol. The van der Waals surface area contributed by atoms with Crippen molar-refractivity contribution in [2.75, 3.05) is 18.5 Å². The van der Waals surface area contributed by atoms with Crippen molar-refractivity contribution in [3.8, 4) is 0 Å². The Morgan fingerprint density at radius 1 is 1.38 bits per heavy atom. The highest BCUT2D eigenvalue weighted by atomic mass is 32.1. The van der Waals surface area contributed by atoms with Crippen molar-refractivity contribution in [3.05, 3.63) is 46.5 Å². The number of hydrogen-bond donors (Lipinski definition) is 1. The van der Waals surface area contributed by atoms with Gasteiger partial charge in [0.1, 0.15) is 0 Å². The topological polar surface area (TPSA) is 60.5 Å². The average molecular weight is 346 g/mol. The SMILES string of the molecule is CC(C)(COCc1ccccc1)C(=O)Nc1nc2c(s1)COCC2. The molecule has 2 aromatic rings. The van der Waals surface area contributed by atoms with Gasteiger partial charge in [0.15, 0.2) is 5.13 Å². The molecule has 128 valence electrons. The lowest BCUT2D eigenvalue weighted by Crippen LogP contribution is -2.34. The number of ether oxygens (including phenoxy) is 2. The maximum absolute atomic E-state index is 12.5. The largest absolute Gasteiger partial charge is 0.376 e. The van der Waals surface area contributed by atoms with Crippen molar-refractivity contribution in [1.82, 2.24) is 4.98 Å². The zero-order valence-electron chi connectivity index (χ0n) is 14.0. The predicted molar refractivity (Wildman–Crippen MR) is 94.0 cm³/mol. The molecule has 0 aliphatic carbocycles. The molecule has 24 heavy (non-hydrogen) atoms. The standard InChI is InChI=1S/C18H22N2O3S/c1-18(2,12-23-10-13-6-4-3-5-7-13)16(21)20-17-19-14-8-9-22-11-15(14)24-17/h3-7H,8-12H2,1-2H3,(H,19,20,21). The van der Waals surface area contributed by atoms with Gasteiger partial charge in [0.2, 0.25) is 5.91 Å². The maximum atomic E-state index is 12.5. The molecule has 0 saturated carbocycles. The first-order valence-electron chi connectivity index (χ1n) is 8.04. The van der Waals surface area contributed by atoms with E-state index in [1.807, 2.05) is 44.2 Å². The third-order valence-electron chi connectivity index (χ3n) is 3.90. The van der Waals surface area contributed by atoms with Gasteiger partial charge in [-0.1, -0.05) is 41.7 Å². The number of nitrogens with zero attached hydrogens (tertiary/aromatic N) is 1. The zero-order valence-corrected chi connectivity index (χ0v) is 14.8.